The minimum Gasteiger partial charge on any atom is -0.467 e. The number of halogens is 3. The Morgan fingerprint density at radius 3 is 2.27 bits per heavy atom. The van der Waals surface area contributed by atoms with Crippen LogP contribution in [0, 0.1) is 0 Å². The molecule has 0 saturated carbocycles. The minimum atomic E-state index is -3.00. The van der Waals surface area contributed by atoms with Crippen LogP contribution in [0.5, 0.6) is 17.8 Å². The highest BCUT2D eigenvalue weighted by Gasteiger charge is 2.13. The molecule has 0 aliphatic carbocycles. The number of methoxy groups -OCH3 is 2. The van der Waals surface area contributed by atoms with Crippen LogP contribution in [-0.4, -0.2) is 35.8 Å². The summed E-state index contributed by atoms with van der Waals surface area (Å²) in [6, 6.07) is 4.19. The molecule has 0 spiro atoms. The number of nitrogens with zero attached hydrogens (tertiary/aromatic N) is 3. The number of rotatable bonds is 6. The van der Waals surface area contributed by atoms with Gasteiger partial charge in [0.25, 0.3) is 0 Å². The molecule has 1 N–H and O–H groups in total. The highest BCUT2D eigenvalue weighted by Crippen LogP contribution is 2.31. The number of alkyl halides is 2. The number of nitrogens with one attached hydrogen (secondary N) is 1. The second kappa shape index (κ2) is 7.03. The molecular formula is C12H11ClF2N4O3. The highest BCUT2D eigenvalue weighted by atomic mass is 35.5. The zero-order valence-corrected chi connectivity index (χ0v) is 12.3. The molecule has 7 nitrogen and oxygen atoms in total. The van der Waals surface area contributed by atoms with Gasteiger partial charge in [-0.15, -0.1) is 4.98 Å². The molecule has 0 saturated heterocycles. The minimum absolute atomic E-state index is 0.000332. The van der Waals surface area contributed by atoms with Crippen molar-refractivity contribution < 1.29 is 23.0 Å². The van der Waals surface area contributed by atoms with Gasteiger partial charge in [-0.2, -0.15) is 18.7 Å². The van der Waals surface area contributed by atoms with Crippen molar-refractivity contribution in [2.45, 2.75) is 6.61 Å². The molecule has 2 aromatic rings. The first kappa shape index (κ1) is 16.0. The van der Waals surface area contributed by atoms with Crippen LogP contribution in [0.2, 0.25) is 5.02 Å². The predicted octanol–water partition coefficient (Wildman–Crippen LogP) is 2.89. The van der Waals surface area contributed by atoms with Crippen molar-refractivity contribution >= 4 is 23.2 Å². The van der Waals surface area contributed by atoms with Crippen molar-refractivity contribution in [3.63, 3.8) is 0 Å². The lowest BCUT2D eigenvalue weighted by atomic mass is 10.3. The van der Waals surface area contributed by atoms with Crippen molar-refractivity contribution in [2.24, 2.45) is 0 Å². The molecule has 0 fully saturated rings. The third-order valence-electron chi connectivity index (χ3n) is 2.37. The van der Waals surface area contributed by atoms with Gasteiger partial charge < -0.3 is 19.5 Å². The average Bonchev–Trinajstić information content (AvgIpc) is 2.49. The van der Waals surface area contributed by atoms with E-state index in [1.54, 1.807) is 0 Å². The molecule has 10 heteroatoms. The van der Waals surface area contributed by atoms with Gasteiger partial charge in [0.15, 0.2) is 5.75 Å². The van der Waals surface area contributed by atoms with Gasteiger partial charge in [-0.25, -0.2) is 0 Å². The Morgan fingerprint density at radius 2 is 1.73 bits per heavy atom. The Bertz CT molecular complexity index is 638. The molecule has 0 bridgehead atoms. The van der Waals surface area contributed by atoms with E-state index in [9.17, 15) is 8.78 Å². The second-order valence-corrected chi connectivity index (χ2v) is 4.21. The van der Waals surface area contributed by atoms with Gasteiger partial charge in [0.2, 0.25) is 5.95 Å². The van der Waals surface area contributed by atoms with E-state index in [4.69, 9.17) is 21.1 Å². The largest absolute Gasteiger partial charge is 0.467 e. The highest BCUT2D eigenvalue weighted by molar-refractivity contribution is 6.30. The van der Waals surface area contributed by atoms with Gasteiger partial charge >= 0.3 is 18.6 Å². The molecule has 22 heavy (non-hydrogen) atoms. The smallest absolute Gasteiger partial charge is 0.387 e. The van der Waals surface area contributed by atoms with Gasteiger partial charge in [0, 0.05) is 11.1 Å². The maximum absolute atomic E-state index is 12.4. The molecule has 1 aromatic heterocycles. The molecule has 0 unspecified atom stereocenters. The predicted molar refractivity (Wildman–Crippen MR) is 74.3 cm³/mol. The molecule has 0 radical (unpaired) electrons. The molecule has 0 atom stereocenters. The molecule has 118 valence electrons. The molecule has 1 heterocycles. The van der Waals surface area contributed by atoms with E-state index >= 15 is 0 Å². The van der Waals surface area contributed by atoms with E-state index in [-0.39, 0.29) is 34.4 Å². The van der Waals surface area contributed by atoms with Gasteiger partial charge in [-0.05, 0) is 12.1 Å². The normalized spacial score (nSPS) is 10.5. The maximum atomic E-state index is 12.4. The number of hydrogen-bond acceptors (Lipinski definition) is 7. The van der Waals surface area contributed by atoms with Crippen LogP contribution < -0.4 is 19.5 Å². The third kappa shape index (κ3) is 4.04. The lowest BCUT2D eigenvalue weighted by molar-refractivity contribution is -0.0493. The molecule has 2 rings (SSSR count). The van der Waals surface area contributed by atoms with E-state index in [1.165, 1.54) is 32.4 Å². The summed E-state index contributed by atoms with van der Waals surface area (Å²) in [6.45, 7) is -3.00. The molecule has 1 aromatic carbocycles. The first-order chi connectivity index (χ1) is 10.5. The summed E-state index contributed by atoms with van der Waals surface area (Å²) in [5, 5.41) is 2.96. The van der Waals surface area contributed by atoms with Crippen LogP contribution in [0.1, 0.15) is 0 Å². The second-order valence-electron chi connectivity index (χ2n) is 3.78. The summed E-state index contributed by atoms with van der Waals surface area (Å²) >= 11 is 5.76. The van der Waals surface area contributed by atoms with E-state index in [2.05, 4.69) is 25.0 Å². The Morgan fingerprint density at radius 1 is 1.09 bits per heavy atom. The third-order valence-corrected chi connectivity index (χ3v) is 2.60. The summed E-state index contributed by atoms with van der Waals surface area (Å²) in [5.41, 5.74) is 0.194. The van der Waals surface area contributed by atoms with Crippen molar-refractivity contribution in [3.8, 4) is 17.8 Å². The van der Waals surface area contributed by atoms with Crippen LogP contribution in [0.15, 0.2) is 18.2 Å². The zero-order chi connectivity index (χ0) is 16.1. The topological polar surface area (TPSA) is 78.4 Å². The zero-order valence-electron chi connectivity index (χ0n) is 11.5. The fourth-order valence-electron chi connectivity index (χ4n) is 1.49. The van der Waals surface area contributed by atoms with E-state index < -0.39 is 6.61 Å². The van der Waals surface area contributed by atoms with Crippen LogP contribution in [-0.2, 0) is 0 Å². The summed E-state index contributed by atoms with van der Waals surface area (Å²) in [5.74, 6) is -0.119. The van der Waals surface area contributed by atoms with E-state index in [0.717, 1.165) is 0 Å². The summed E-state index contributed by atoms with van der Waals surface area (Å²) in [7, 11) is 2.73. The van der Waals surface area contributed by atoms with Crippen molar-refractivity contribution in [1.82, 2.24) is 15.0 Å². The fourth-order valence-corrected chi connectivity index (χ4v) is 1.65. The molecule has 0 aliphatic rings. The summed E-state index contributed by atoms with van der Waals surface area (Å²) in [4.78, 5) is 11.7. The first-order valence-corrected chi connectivity index (χ1v) is 6.25. The summed E-state index contributed by atoms with van der Waals surface area (Å²) < 4.78 is 39.1. The molecule has 0 aliphatic heterocycles. The van der Waals surface area contributed by atoms with Gasteiger partial charge in [-0.3, -0.25) is 0 Å². The number of hydrogen-bond donors (Lipinski definition) is 1. The number of anilines is 2. The van der Waals surface area contributed by atoms with Gasteiger partial charge in [0.1, 0.15) is 0 Å². The maximum Gasteiger partial charge on any atom is 0.387 e. The van der Waals surface area contributed by atoms with Crippen molar-refractivity contribution in [2.75, 3.05) is 19.5 Å². The average molecular weight is 333 g/mol. The standard InChI is InChI=1S/C12H11ClF2N4O3/c1-20-11-17-10(18-12(19-11)21-2)16-7-4-3-6(13)5-8(7)22-9(14)15/h3-5,9H,1-2H3,(H,16,17,18,19). The Labute approximate surface area is 129 Å². The van der Waals surface area contributed by atoms with Crippen molar-refractivity contribution in [3.05, 3.63) is 23.2 Å². The number of ether oxygens (including phenoxy) is 3. The lowest BCUT2D eigenvalue weighted by Gasteiger charge is -2.12. The quantitative estimate of drug-likeness (QED) is 0.871. The number of benzene rings is 1. The molecule has 0 amide bonds. The van der Waals surface area contributed by atoms with E-state index in [1.807, 2.05) is 0 Å². The van der Waals surface area contributed by atoms with E-state index in [0.29, 0.717) is 0 Å². The Hall–Kier alpha value is -2.42. The fraction of sp³-hybridized carbons (Fsp3) is 0.250. The van der Waals surface area contributed by atoms with Gasteiger partial charge in [0.05, 0.1) is 19.9 Å². The number of aromatic nitrogens is 3. The van der Waals surface area contributed by atoms with Gasteiger partial charge in [-0.1, -0.05) is 11.6 Å². The van der Waals surface area contributed by atoms with Crippen LogP contribution in [0.25, 0.3) is 0 Å². The lowest BCUT2D eigenvalue weighted by Crippen LogP contribution is -2.07. The van der Waals surface area contributed by atoms with Crippen LogP contribution in [0.3, 0.4) is 0 Å². The van der Waals surface area contributed by atoms with Crippen LogP contribution in [0.4, 0.5) is 20.4 Å². The molecular weight excluding hydrogens is 322 g/mol. The van der Waals surface area contributed by atoms with Crippen LogP contribution >= 0.6 is 11.6 Å². The Kier molecular flexibility index (Phi) is 5.10. The monoisotopic (exact) mass is 332 g/mol. The SMILES string of the molecule is COc1nc(Nc2ccc(Cl)cc2OC(F)F)nc(OC)n1. The summed E-state index contributed by atoms with van der Waals surface area (Å²) in [6.07, 6.45) is 0. The van der Waals surface area contributed by atoms with Crippen molar-refractivity contribution in [1.29, 1.82) is 0 Å². The Balaban J connectivity index is 2.34. The first-order valence-electron chi connectivity index (χ1n) is 5.87.